The maximum absolute atomic E-state index is 12.8. The summed E-state index contributed by atoms with van der Waals surface area (Å²) in [7, 11) is 0. The fraction of sp³-hybridized carbons (Fsp3) is 0.938. The average molecular weight is 507 g/mol. The molecule has 0 spiro atoms. The number of hydrogen-bond donors (Lipinski definition) is 0. The molecular weight excluding hydrogens is 448 g/mol. The van der Waals surface area contributed by atoms with E-state index in [-0.39, 0.29) is 69.5 Å². The molecule has 2 aliphatic rings. The van der Waals surface area contributed by atoms with Gasteiger partial charge in [-0.2, -0.15) is 0 Å². The van der Waals surface area contributed by atoms with E-state index in [9.17, 15) is 9.59 Å². The van der Waals surface area contributed by atoms with E-state index in [1.54, 1.807) is 0 Å². The molecule has 4 nitrogen and oxygen atoms in total. The van der Waals surface area contributed by atoms with E-state index >= 15 is 0 Å². The molecule has 0 aliphatic heterocycles. The van der Waals surface area contributed by atoms with Crippen LogP contribution < -0.4 is 0 Å². The Morgan fingerprint density at radius 2 is 0.861 bits per heavy atom. The second-order valence-corrected chi connectivity index (χ2v) is 16.1. The minimum absolute atomic E-state index is 0.0711. The minimum Gasteiger partial charge on any atom is -0.462 e. The molecule has 0 N–H and O–H groups in total. The predicted octanol–water partition coefficient (Wildman–Crippen LogP) is 8.90. The Morgan fingerprint density at radius 3 is 1.11 bits per heavy atom. The molecule has 2 fully saturated rings. The summed E-state index contributed by atoms with van der Waals surface area (Å²) in [5.41, 5.74) is 0.696. The summed E-state index contributed by atoms with van der Waals surface area (Å²) < 4.78 is 11.9. The van der Waals surface area contributed by atoms with Gasteiger partial charge in [-0.25, -0.2) is 0 Å². The normalized spacial score (nSPS) is 25.2. The van der Waals surface area contributed by atoms with Crippen molar-refractivity contribution in [3.63, 3.8) is 0 Å². The molecule has 2 aliphatic carbocycles. The Kier molecular flexibility index (Phi) is 9.18. The lowest BCUT2D eigenvalue weighted by molar-refractivity contribution is -0.167. The first kappa shape index (κ1) is 31.2. The standard InChI is InChI=1S/C32H58O4/c1-27(2,3)31(28(4,5)6)19-13-15-23(21-31)35-25(33)17-18-26(34)36-24-16-14-20-32(22-24,29(7,8)9)30(10,11)12/h23-24H,13-22H2,1-12H3. The highest BCUT2D eigenvalue weighted by atomic mass is 16.6. The first-order valence-corrected chi connectivity index (χ1v) is 14.5. The first-order valence-electron chi connectivity index (χ1n) is 14.5. The molecular formula is C32H58O4. The Balaban J connectivity index is 1.94. The van der Waals surface area contributed by atoms with Crippen molar-refractivity contribution in [2.75, 3.05) is 0 Å². The zero-order valence-corrected chi connectivity index (χ0v) is 25.9. The van der Waals surface area contributed by atoms with Gasteiger partial charge in [0, 0.05) is 0 Å². The molecule has 4 heteroatoms. The van der Waals surface area contributed by atoms with Crippen LogP contribution in [-0.4, -0.2) is 24.1 Å². The zero-order valence-electron chi connectivity index (χ0n) is 25.9. The van der Waals surface area contributed by atoms with Gasteiger partial charge < -0.3 is 9.47 Å². The van der Waals surface area contributed by atoms with Crippen LogP contribution in [0.2, 0.25) is 0 Å². The molecule has 0 aromatic rings. The highest BCUT2D eigenvalue weighted by Crippen LogP contribution is 2.61. The topological polar surface area (TPSA) is 52.6 Å². The summed E-state index contributed by atoms with van der Waals surface area (Å²) in [5.74, 6) is -0.532. The van der Waals surface area contributed by atoms with Crippen LogP contribution in [0.3, 0.4) is 0 Å². The maximum atomic E-state index is 12.8. The number of carbonyl (C=O) groups excluding carboxylic acids is 2. The van der Waals surface area contributed by atoms with Gasteiger partial charge in [0.25, 0.3) is 0 Å². The van der Waals surface area contributed by atoms with Gasteiger partial charge in [0.15, 0.2) is 0 Å². The lowest BCUT2D eigenvalue weighted by Gasteiger charge is -2.57. The van der Waals surface area contributed by atoms with E-state index in [0.717, 1.165) is 51.4 Å². The third-order valence-corrected chi connectivity index (χ3v) is 10.3. The molecule has 36 heavy (non-hydrogen) atoms. The van der Waals surface area contributed by atoms with Crippen molar-refractivity contribution in [2.24, 2.45) is 32.5 Å². The molecule has 210 valence electrons. The van der Waals surface area contributed by atoms with Crippen LogP contribution in [0.4, 0.5) is 0 Å². The van der Waals surface area contributed by atoms with Crippen LogP contribution in [0.1, 0.15) is 147 Å². The Labute approximate surface area is 223 Å². The van der Waals surface area contributed by atoms with Crippen LogP contribution >= 0.6 is 0 Å². The molecule has 0 bridgehead atoms. The van der Waals surface area contributed by atoms with E-state index < -0.39 is 0 Å². The van der Waals surface area contributed by atoms with Crippen LogP contribution in [0.5, 0.6) is 0 Å². The quantitative estimate of drug-likeness (QED) is 0.349. The van der Waals surface area contributed by atoms with Crippen molar-refractivity contribution in [3.8, 4) is 0 Å². The molecule has 0 heterocycles. The van der Waals surface area contributed by atoms with E-state index in [1.165, 1.54) is 0 Å². The summed E-state index contributed by atoms with van der Waals surface area (Å²) in [6, 6.07) is 0. The summed E-state index contributed by atoms with van der Waals surface area (Å²) in [4.78, 5) is 25.5. The van der Waals surface area contributed by atoms with Crippen molar-refractivity contribution in [1.29, 1.82) is 0 Å². The highest BCUT2D eigenvalue weighted by Gasteiger charge is 2.54. The molecule has 0 saturated heterocycles. The van der Waals surface area contributed by atoms with Crippen LogP contribution in [0.25, 0.3) is 0 Å². The van der Waals surface area contributed by atoms with Gasteiger partial charge in [-0.3, -0.25) is 9.59 Å². The summed E-state index contributed by atoms with van der Waals surface area (Å²) in [6.45, 7) is 27.8. The molecule has 0 aromatic carbocycles. The largest absolute Gasteiger partial charge is 0.462 e. The third-order valence-electron chi connectivity index (χ3n) is 10.3. The van der Waals surface area contributed by atoms with E-state index in [2.05, 4.69) is 83.1 Å². The Bertz CT molecular complexity index is 672. The molecule has 0 aromatic heterocycles. The van der Waals surface area contributed by atoms with Gasteiger partial charge in [-0.15, -0.1) is 0 Å². The van der Waals surface area contributed by atoms with Gasteiger partial charge in [-0.05, 0) is 83.9 Å². The van der Waals surface area contributed by atoms with Gasteiger partial charge in [-0.1, -0.05) is 83.1 Å². The SMILES string of the molecule is CC(C)(C)C1(C(C)(C)C)CCCC(OC(=O)CCC(=O)OC2CCCC(C(C)(C)C)(C(C)(C)C)C2)C1. The predicted molar refractivity (Wildman–Crippen MR) is 149 cm³/mol. The summed E-state index contributed by atoms with van der Waals surface area (Å²) in [5, 5.41) is 0. The van der Waals surface area contributed by atoms with Crippen molar-refractivity contribution < 1.29 is 19.1 Å². The first-order chi connectivity index (χ1) is 16.2. The second kappa shape index (κ2) is 10.6. The van der Waals surface area contributed by atoms with E-state index in [4.69, 9.17) is 9.47 Å². The number of ether oxygens (including phenoxy) is 2. The average Bonchev–Trinajstić information content (AvgIpc) is 2.69. The lowest BCUT2D eigenvalue weighted by atomic mass is 9.48. The van der Waals surface area contributed by atoms with Crippen molar-refractivity contribution in [3.05, 3.63) is 0 Å². The van der Waals surface area contributed by atoms with Gasteiger partial charge >= 0.3 is 11.9 Å². The molecule has 2 unspecified atom stereocenters. The van der Waals surface area contributed by atoms with Crippen molar-refractivity contribution >= 4 is 11.9 Å². The summed E-state index contributed by atoms with van der Waals surface area (Å²) >= 11 is 0. The van der Waals surface area contributed by atoms with Crippen molar-refractivity contribution in [2.45, 2.75) is 160 Å². The fourth-order valence-electron chi connectivity index (χ4n) is 8.32. The molecule has 2 rings (SSSR count). The summed E-state index contributed by atoms with van der Waals surface area (Å²) in [6.07, 6.45) is 8.11. The van der Waals surface area contributed by atoms with Gasteiger partial charge in [0.1, 0.15) is 12.2 Å². The Hall–Kier alpha value is -1.06. The second-order valence-electron chi connectivity index (χ2n) is 16.1. The Morgan fingerprint density at radius 1 is 0.583 bits per heavy atom. The molecule has 2 atom stereocenters. The molecule has 2 saturated carbocycles. The van der Waals surface area contributed by atoms with Gasteiger partial charge in [0.05, 0.1) is 12.8 Å². The van der Waals surface area contributed by atoms with Crippen LogP contribution in [0.15, 0.2) is 0 Å². The third kappa shape index (κ3) is 6.49. The van der Waals surface area contributed by atoms with Crippen LogP contribution in [0, 0.1) is 32.5 Å². The minimum atomic E-state index is -0.266. The van der Waals surface area contributed by atoms with Gasteiger partial charge in [0.2, 0.25) is 0 Å². The maximum Gasteiger partial charge on any atom is 0.306 e. The number of carbonyl (C=O) groups is 2. The monoisotopic (exact) mass is 506 g/mol. The lowest BCUT2D eigenvalue weighted by Crippen LogP contribution is -2.51. The fourth-order valence-corrected chi connectivity index (χ4v) is 8.32. The number of rotatable bonds is 5. The number of esters is 2. The van der Waals surface area contributed by atoms with Crippen molar-refractivity contribution in [1.82, 2.24) is 0 Å². The zero-order chi connectivity index (χ0) is 27.8. The highest BCUT2D eigenvalue weighted by molar-refractivity contribution is 5.77. The molecule has 0 radical (unpaired) electrons. The molecule has 0 amide bonds. The number of hydrogen-bond acceptors (Lipinski definition) is 4. The van der Waals surface area contributed by atoms with E-state index in [1.807, 2.05) is 0 Å². The smallest absolute Gasteiger partial charge is 0.306 e. The van der Waals surface area contributed by atoms with Crippen LogP contribution in [-0.2, 0) is 19.1 Å². The van der Waals surface area contributed by atoms with E-state index in [0.29, 0.717) is 0 Å².